The fourth-order valence-electron chi connectivity index (χ4n) is 3.70. The van der Waals surface area contributed by atoms with Crippen molar-refractivity contribution in [3.63, 3.8) is 0 Å². The molecule has 8 nitrogen and oxygen atoms in total. The van der Waals surface area contributed by atoms with Gasteiger partial charge in [0, 0.05) is 11.3 Å². The molecule has 1 amide bonds. The summed E-state index contributed by atoms with van der Waals surface area (Å²) >= 11 is 0. The van der Waals surface area contributed by atoms with Crippen LogP contribution in [0.3, 0.4) is 0 Å². The molecule has 0 aliphatic heterocycles. The average Bonchev–Trinajstić information content (AvgIpc) is 3.38. The van der Waals surface area contributed by atoms with Crippen LogP contribution in [0.25, 0.3) is 22.6 Å². The van der Waals surface area contributed by atoms with Crippen molar-refractivity contribution in [2.45, 2.75) is 18.9 Å². The van der Waals surface area contributed by atoms with Gasteiger partial charge >= 0.3 is 6.18 Å². The summed E-state index contributed by atoms with van der Waals surface area (Å²) in [6.45, 7) is -0.306. The summed E-state index contributed by atoms with van der Waals surface area (Å²) in [6.07, 6.45) is -5.21. The van der Waals surface area contributed by atoms with Crippen LogP contribution in [0, 0.1) is 5.82 Å². The molecule has 2 aromatic heterocycles. The summed E-state index contributed by atoms with van der Waals surface area (Å²) < 4.78 is 60.1. The largest absolute Gasteiger partial charge is 0.418 e. The normalized spacial score (nSPS) is 12.4. The maximum Gasteiger partial charge on any atom is 0.418 e. The summed E-state index contributed by atoms with van der Waals surface area (Å²) in [5.74, 6) is -1.24. The van der Waals surface area contributed by atoms with E-state index in [2.05, 4.69) is 30.7 Å². The van der Waals surface area contributed by atoms with Crippen LogP contribution in [0.1, 0.15) is 27.6 Å². The molecule has 0 radical (unpaired) electrons. The minimum absolute atomic E-state index is 0.000472. The predicted molar refractivity (Wildman–Crippen MR) is 129 cm³/mol. The topological polar surface area (TPSA) is 106 Å². The van der Waals surface area contributed by atoms with Gasteiger partial charge in [-0.3, -0.25) is 4.79 Å². The number of benzene rings is 3. The Morgan fingerprint density at radius 3 is 2.50 bits per heavy atom. The zero-order chi connectivity index (χ0) is 26.7. The molecule has 5 aromatic rings. The number of aromatic amines is 1. The van der Waals surface area contributed by atoms with Crippen molar-refractivity contribution in [1.82, 2.24) is 25.4 Å². The first kappa shape index (κ1) is 25.0. The van der Waals surface area contributed by atoms with Gasteiger partial charge in [0.15, 0.2) is 11.9 Å². The highest BCUT2D eigenvalue weighted by Gasteiger charge is 2.41. The fourth-order valence-corrected chi connectivity index (χ4v) is 3.70. The van der Waals surface area contributed by atoms with Crippen molar-refractivity contribution in [2.75, 3.05) is 5.32 Å². The molecule has 0 saturated carbocycles. The maximum atomic E-state index is 14.5. The van der Waals surface area contributed by atoms with E-state index >= 15 is 0 Å². The number of amides is 1. The molecule has 0 fully saturated rings. The monoisotopic (exact) mass is 522 g/mol. The Morgan fingerprint density at radius 1 is 1.00 bits per heavy atom. The number of rotatable bonds is 7. The van der Waals surface area contributed by atoms with Crippen LogP contribution in [0.2, 0.25) is 0 Å². The Kier molecular flexibility index (Phi) is 6.79. The highest BCUT2D eigenvalue weighted by Crippen LogP contribution is 2.36. The van der Waals surface area contributed by atoms with Crippen LogP contribution >= 0.6 is 0 Å². The molecule has 0 bridgehead atoms. The van der Waals surface area contributed by atoms with Gasteiger partial charge in [-0.15, -0.1) is 5.10 Å². The molecule has 2 heterocycles. The molecule has 0 spiro atoms. The number of nitrogens with zero attached hydrogens (tertiary/aromatic N) is 4. The summed E-state index contributed by atoms with van der Waals surface area (Å²) in [6, 6.07) is 17.2. The summed E-state index contributed by atoms with van der Waals surface area (Å²) in [5.41, 5.74) is 1.71. The highest BCUT2D eigenvalue weighted by atomic mass is 19.4. The third-order valence-electron chi connectivity index (χ3n) is 5.57. The van der Waals surface area contributed by atoms with E-state index in [1.54, 1.807) is 6.07 Å². The summed E-state index contributed by atoms with van der Waals surface area (Å²) in [7, 11) is 0. The third kappa shape index (κ3) is 5.49. The van der Waals surface area contributed by atoms with E-state index < -0.39 is 24.0 Å². The Hall–Kier alpha value is -4.71. The second kappa shape index (κ2) is 10.3. The number of anilines is 1. The molecular weight excluding hydrogens is 504 g/mol. The zero-order valence-corrected chi connectivity index (χ0v) is 19.4. The quantitative estimate of drug-likeness (QED) is 0.269. The Bertz CT molecular complexity index is 1570. The van der Waals surface area contributed by atoms with Gasteiger partial charge in [0.05, 0.1) is 18.4 Å². The van der Waals surface area contributed by atoms with Crippen molar-refractivity contribution in [3.8, 4) is 11.4 Å². The molecule has 0 aliphatic rings. The first-order chi connectivity index (χ1) is 18.3. The van der Waals surface area contributed by atoms with Gasteiger partial charge in [0.1, 0.15) is 11.3 Å². The van der Waals surface area contributed by atoms with E-state index in [1.165, 1.54) is 66.9 Å². The highest BCUT2D eigenvalue weighted by molar-refractivity contribution is 6.05. The number of ether oxygens (including phenoxy) is 1. The van der Waals surface area contributed by atoms with Gasteiger partial charge in [-0.1, -0.05) is 42.5 Å². The molecule has 3 aromatic carbocycles. The Morgan fingerprint density at radius 2 is 1.76 bits per heavy atom. The number of hydrogen-bond donors (Lipinski definition) is 2. The summed E-state index contributed by atoms with van der Waals surface area (Å²) in [4.78, 5) is 21.2. The second-order valence-corrected chi connectivity index (χ2v) is 8.22. The van der Waals surface area contributed by atoms with Crippen LogP contribution in [-0.2, 0) is 11.3 Å². The van der Waals surface area contributed by atoms with Crippen molar-refractivity contribution in [3.05, 3.63) is 102 Å². The minimum Gasteiger partial charge on any atom is -0.359 e. The van der Waals surface area contributed by atoms with E-state index in [-0.39, 0.29) is 23.6 Å². The molecule has 192 valence electrons. The van der Waals surface area contributed by atoms with E-state index in [0.29, 0.717) is 28.0 Å². The molecule has 12 heteroatoms. The van der Waals surface area contributed by atoms with Gasteiger partial charge in [-0.25, -0.2) is 14.4 Å². The minimum atomic E-state index is -4.58. The van der Waals surface area contributed by atoms with Gasteiger partial charge in [-0.05, 0) is 41.5 Å². The molecule has 1 unspecified atom stereocenters. The predicted octanol–water partition coefficient (Wildman–Crippen LogP) is 5.63. The molecule has 2 N–H and O–H groups in total. The van der Waals surface area contributed by atoms with Crippen LogP contribution in [0.5, 0.6) is 0 Å². The molecule has 1 atom stereocenters. The van der Waals surface area contributed by atoms with Crippen LogP contribution in [0.4, 0.5) is 23.2 Å². The number of nitrogens with one attached hydrogen (secondary N) is 2. The first-order valence-corrected chi connectivity index (χ1v) is 11.2. The number of aromatic nitrogens is 5. The smallest absolute Gasteiger partial charge is 0.359 e. The molecule has 38 heavy (non-hydrogen) atoms. The number of carbonyl (C=O) groups excluding carboxylic acids is 1. The lowest BCUT2D eigenvalue weighted by atomic mass is 10.1. The fraction of sp³-hybridized carbons (Fsp3) is 0.115. The van der Waals surface area contributed by atoms with Crippen molar-refractivity contribution < 1.29 is 27.1 Å². The van der Waals surface area contributed by atoms with E-state index in [1.807, 2.05) is 0 Å². The molecular formula is C26H18F4N6O2. The van der Waals surface area contributed by atoms with E-state index in [9.17, 15) is 22.4 Å². The van der Waals surface area contributed by atoms with Crippen molar-refractivity contribution in [2.24, 2.45) is 0 Å². The number of carbonyl (C=O) groups is 1. The maximum absolute atomic E-state index is 14.5. The number of alkyl halides is 3. The van der Waals surface area contributed by atoms with Gasteiger partial charge in [-0.2, -0.15) is 23.5 Å². The van der Waals surface area contributed by atoms with Crippen molar-refractivity contribution >= 4 is 22.8 Å². The van der Waals surface area contributed by atoms with Crippen molar-refractivity contribution in [1.29, 1.82) is 0 Å². The average molecular weight is 522 g/mol. The number of halogens is 4. The van der Waals surface area contributed by atoms with E-state index in [4.69, 9.17) is 4.74 Å². The lowest BCUT2D eigenvalue weighted by Gasteiger charge is -2.21. The Labute approximate surface area is 212 Å². The molecule has 5 rings (SSSR count). The lowest BCUT2D eigenvalue weighted by molar-refractivity contribution is -0.227. The van der Waals surface area contributed by atoms with E-state index in [0.717, 1.165) is 6.07 Å². The molecule has 0 saturated heterocycles. The number of hydrogen-bond acceptors (Lipinski definition) is 6. The number of fused-ring (bicyclic) bond motifs is 1. The second-order valence-electron chi connectivity index (χ2n) is 8.22. The zero-order valence-electron chi connectivity index (χ0n) is 19.4. The third-order valence-corrected chi connectivity index (χ3v) is 5.57. The summed E-state index contributed by atoms with van der Waals surface area (Å²) in [5, 5.41) is 12.8. The number of H-pyrrole nitrogens is 1. The van der Waals surface area contributed by atoms with Crippen LogP contribution in [-0.4, -0.2) is 37.5 Å². The van der Waals surface area contributed by atoms with Crippen LogP contribution in [0.15, 0.2) is 79.0 Å². The SMILES string of the molecule is O=C(Nc1ccc(COC(c2ccccc2)C(F)(F)F)cc1)c1cc(-c2ncc3n[nH]nc3n2)ccc1F. The van der Waals surface area contributed by atoms with Gasteiger partial charge < -0.3 is 10.1 Å². The van der Waals surface area contributed by atoms with Gasteiger partial charge in [0.2, 0.25) is 5.65 Å². The molecule has 0 aliphatic carbocycles. The Balaban J connectivity index is 1.27. The first-order valence-electron chi connectivity index (χ1n) is 11.2. The van der Waals surface area contributed by atoms with Crippen LogP contribution < -0.4 is 5.32 Å². The standard InChI is InChI=1S/C26H18F4N6O2/c27-20-11-8-17(23-31-13-21-24(33-23)35-36-34-21)12-19(20)25(37)32-18-9-6-15(7-10-18)14-38-22(26(28,29)30)16-4-2-1-3-5-16/h1-13,22H,14H2,(H,32,37)(H,31,33,34,35,36). The van der Waals surface area contributed by atoms with Gasteiger partial charge in [0.25, 0.3) is 5.91 Å². The lowest BCUT2D eigenvalue weighted by Crippen LogP contribution is -2.23.